The van der Waals surface area contributed by atoms with Crippen LogP contribution in [0.25, 0.3) is 22.3 Å². The Hall–Kier alpha value is -3.70. The van der Waals surface area contributed by atoms with Gasteiger partial charge < -0.3 is 16.4 Å². The molecule has 2 aliphatic rings. The standard InChI is InChI=1S/C30H35F3N8/c1-39-12-14-40(15-13-39)21-7-9-22(10-8-21)41-29-26(28(35)36-18-37-29)27(38-41)23-11-6-19(17-25(23)34)16-20-4-2-3-5-24(20)30(31,32)33/h2-6,11,17-18,21-22H,7-10,12-16,34H2,1H3,(H2,35,36,37)/t21-,22+. The molecule has 0 atom stereocenters. The molecule has 0 spiro atoms. The van der Waals surface area contributed by atoms with Gasteiger partial charge in [0.1, 0.15) is 17.8 Å². The number of likely N-dealkylation sites (N-methyl/N-ethyl adjacent to an activating group) is 1. The van der Waals surface area contributed by atoms with Crippen LogP contribution in [0.1, 0.15) is 48.4 Å². The van der Waals surface area contributed by atoms with Crippen LogP contribution in [-0.4, -0.2) is 68.8 Å². The summed E-state index contributed by atoms with van der Waals surface area (Å²) in [6.07, 6.45) is 1.32. The van der Waals surface area contributed by atoms with Crippen molar-refractivity contribution >= 4 is 22.5 Å². The van der Waals surface area contributed by atoms with Gasteiger partial charge >= 0.3 is 6.18 Å². The molecule has 8 nitrogen and oxygen atoms in total. The number of nitrogen functional groups attached to an aromatic ring is 2. The van der Waals surface area contributed by atoms with Crippen LogP contribution in [0.5, 0.6) is 0 Å². The molecule has 1 saturated heterocycles. The van der Waals surface area contributed by atoms with Crippen LogP contribution in [0.3, 0.4) is 0 Å². The second kappa shape index (κ2) is 10.9. The van der Waals surface area contributed by atoms with Crippen molar-refractivity contribution in [3.05, 3.63) is 65.5 Å². The predicted octanol–water partition coefficient (Wildman–Crippen LogP) is 5.00. The zero-order valence-electron chi connectivity index (χ0n) is 23.1. The Labute approximate surface area is 237 Å². The van der Waals surface area contributed by atoms with Crippen molar-refractivity contribution in [2.45, 2.75) is 50.4 Å². The van der Waals surface area contributed by atoms with Gasteiger partial charge in [0.25, 0.3) is 0 Å². The first-order valence-electron chi connectivity index (χ1n) is 14.1. The lowest BCUT2D eigenvalue weighted by Crippen LogP contribution is -2.49. The molecule has 0 bridgehead atoms. The van der Waals surface area contributed by atoms with Crippen molar-refractivity contribution in [2.24, 2.45) is 0 Å². The number of aromatic nitrogens is 4. The Morgan fingerprint density at radius 3 is 2.32 bits per heavy atom. The molecule has 6 rings (SSSR count). The minimum atomic E-state index is -4.42. The molecule has 41 heavy (non-hydrogen) atoms. The zero-order valence-corrected chi connectivity index (χ0v) is 23.1. The van der Waals surface area contributed by atoms with E-state index in [2.05, 4.69) is 26.8 Å². The first-order chi connectivity index (χ1) is 19.7. The molecule has 0 radical (unpaired) electrons. The topological polar surface area (TPSA) is 102 Å². The first-order valence-corrected chi connectivity index (χ1v) is 14.1. The van der Waals surface area contributed by atoms with E-state index in [1.165, 1.54) is 18.5 Å². The highest BCUT2D eigenvalue weighted by atomic mass is 19.4. The maximum atomic E-state index is 13.5. The van der Waals surface area contributed by atoms with Crippen molar-refractivity contribution < 1.29 is 13.2 Å². The number of nitrogens with zero attached hydrogens (tertiary/aromatic N) is 6. The van der Waals surface area contributed by atoms with E-state index in [0.29, 0.717) is 45.4 Å². The third-order valence-electron chi connectivity index (χ3n) is 8.67. The van der Waals surface area contributed by atoms with Crippen LogP contribution in [0.2, 0.25) is 0 Å². The number of benzene rings is 2. The highest BCUT2D eigenvalue weighted by Gasteiger charge is 2.33. The Morgan fingerprint density at radius 1 is 0.902 bits per heavy atom. The lowest BCUT2D eigenvalue weighted by atomic mass is 9.90. The van der Waals surface area contributed by atoms with Crippen molar-refractivity contribution in [2.75, 3.05) is 44.7 Å². The highest BCUT2D eigenvalue weighted by Crippen LogP contribution is 2.39. The summed E-state index contributed by atoms with van der Waals surface area (Å²) in [4.78, 5) is 13.8. The quantitative estimate of drug-likeness (QED) is 0.329. The monoisotopic (exact) mass is 564 g/mol. The molecule has 1 saturated carbocycles. The van der Waals surface area contributed by atoms with Crippen molar-refractivity contribution in [1.82, 2.24) is 29.5 Å². The van der Waals surface area contributed by atoms with E-state index in [-0.39, 0.29) is 18.0 Å². The largest absolute Gasteiger partial charge is 0.416 e. The number of anilines is 2. The molecule has 0 amide bonds. The van der Waals surface area contributed by atoms with E-state index in [0.717, 1.165) is 57.9 Å². The summed E-state index contributed by atoms with van der Waals surface area (Å²) >= 11 is 0. The second-order valence-electron chi connectivity index (χ2n) is 11.3. The van der Waals surface area contributed by atoms with Gasteiger partial charge in [0.05, 0.1) is 17.0 Å². The van der Waals surface area contributed by atoms with Crippen LogP contribution < -0.4 is 11.5 Å². The van der Waals surface area contributed by atoms with Gasteiger partial charge in [-0.2, -0.15) is 18.3 Å². The molecular formula is C30H35F3N8. The summed E-state index contributed by atoms with van der Waals surface area (Å²) in [5.41, 5.74) is 15.4. The number of fused-ring (bicyclic) bond motifs is 1. The summed E-state index contributed by atoms with van der Waals surface area (Å²) in [5, 5.41) is 5.65. The first kappa shape index (κ1) is 27.5. The summed E-state index contributed by atoms with van der Waals surface area (Å²) in [5.74, 6) is 0.324. The van der Waals surface area contributed by atoms with E-state index < -0.39 is 11.7 Å². The molecule has 2 aromatic carbocycles. The van der Waals surface area contributed by atoms with Gasteiger partial charge in [-0.1, -0.05) is 30.3 Å². The average molecular weight is 565 g/mol. The number of alkyl halides is 3. The molecule has 2 aromatic heterocycles. The van der Waals surface area contributed by atoms with Gasteiger partial charge in [-0.25, -0.2) is 14.6 Å². The number of piperazine rings is 1. The molecule has 0 unspecified atom stereocenters. The fraction of sp³-hybridized carbons (Fsp3) is 0.433. The summed E-state index contributed by atoms with van der Waals surface area (Å²) in [7, 11) is 2.18. The van der Waals surface area contributed by atoms with Crippen LogP contribution >= 0.6 is 0 Å². The molecule has 216 valence electrons. The minimum absolute atomic E-state index is 0.108. The SMILES string of the molecule is CN1CCN([C@H]2CC[C@@H](n3nc(-c4ccc(Cc5ccccc5C(F)(F)F)cc4N)c4c(N)ncnc43)CC2)CC1. The van der Waals surface area contributed by atoms with Gasteiger partial charge in [-0.05, 0) is 62.4 Å². The number of rotatable bonds is 5. The van der Waals surface area contributed by atoms with Crippen LogP contribution in [0, 0.1) is 0 Å². The Bertz CT molecular complexity index is 1530. The molecule has 4 N–H and O–H groups in total. The lowest BCUT2D eigenvalue weighted by Gasteiger charge is -2.41. The molecule has 3 heterocycles. The van der Waals surface area contributed by atoms with Gasteiger partial charge in [0, 0.05) is 43.5 Å². The van der Waals surface area contributed by atoms with Crippen molar-refractivity contribution in [1.29, 1.82) is 0 Å². The average Bonchev–Trinajstić information content (AvgIpc) is 3.34. The zero-order chi connectivity index (χ0) is 28.7. The molecular weight excluding hydrogens is 529 g/mol. The van der Waals surface area contributed by atoms with Gasteiger partial charge in [-0.15, -0.1) is 0 Å². The van der Waals surface area contributed by atoms with E-state index in [1.54, 1.807) is 18.2 Å². The molecule has 1 aliphatic heterocycles. The van der Waals surface area contributed by atoms with E-state index in [1.807, 2.05) is 10.7 Å². The summed E-state index contributed by atoms with van der Waals surface area (Å²) in [6.45, 7) is 4.44. The number of halogens is 3. The Balaban J connectivity index is 1.27. The molecule has 2 fully saturated rings. The Kier molecular flexibility index (Phi) is 7.33. The fourth-order valence-electron chi connectivity index (χ4n) is 6.40. The Morgan fingerprint density at radius 2 is 1.61 bits per heavy atom. The van der Waals surface area contributed by atoms with Crippen LogP contribution in [-0.2, 0) is 12.6 Å². The third-order valence-corrected chi connectivity index (χ3v) is 8.67. The van der Waals surface area contributed by atoms with Gasteiger partial charge in [0.15, 0.2) is 5.65 Å². The van der Waals surface area contributed by atoms with E-state index in [4.69, 9.17) is 16.6 Å². The molecule has 11 heteroatoms. The maximum Gasteiger partial charge on any atom is 0.416 e. The summed E-state index contributed by atoms with van der Waals surface area (Å²) in [6, 6.07) is 11.7. The summed E-state index contributed by atoms with van der Waals surface area (Å²) < 4.78 is 42.6. The predicted molar refractivity (Wildman–Crippen MR) is 154 cm³/mol. The van der Waals surface area contributed by atoms with Crippen LogP contribution in [0.4, 0.5) is 24.7 Å². The molecule has 1 aliphatic carbocycles. The van der Waals surface area contributed by atoms with Crippen molar-refractivity contribution in [3.63, 3.8) is 0 Å². The van der Waals surface area contributed by atoms with Crippen molar-refractivity contribution in [3.8, 4) is 11.3 Å². The van der Waals surface area contributed by atoms with E-state index in [9.17, 15) is 13.2 Å². The number of hydrogen-bond acceptors (Lipinski definition) is 7. The van der Waals surface area contributed by atoms with Gasteiger partial charge in [-0.3, -0.25) is 4.90 Å². The second-order valence-corrected chi connectivity index (χ2v) is 11.3. The van der Waals surface area contributed by atoms with Crippen LogP contribution in [0.15, 0.2) is 48.8 Å². The van der Waals surface area contributed by atoms with Gasteiger partial charge in [0.2, 0.25) is 0 Å². The molecule has 4 aromatic rings. The smallest absolute Gasteiger partial charge is 0.398 e. The number of hydrogen-bond donors (Lipinski definition) is 2. The maximum absolute atomic E-state index is 13.5. The van der Waals surface area contributed by atoms with E-state index >= 15 is 0 Å². The normalized spacial score (nSPS) is 21.0. The highest BCUT2D eigenvalue weighted by molar-refractivity contribution is 6.00. The lowest BCUT2D eigenvalue weighted by molar-refractivity contribution is -0.138. The minimum Gasteiger partial charge on any atom is -0.398 e. The number of nitrogens with two attached hydrogens (primary N) is 2. The fourth-order valence-corrected chi connectivity index (χ4v) is 6.40. The third kappa shape index (κ3) is 5.48.